The number of likely N-dealkylation sites (N-methyl/N-ethyl adjacent to an activating group) is 1. The average molecular weight is 395 g/mol. The van der Waals surface area contributed by atoms with Crippen molar-refractivity contribution in [3.63, 3.8) is 0 Å². The third-order valence-electron chi connectivity index (χ3n) is 6.05. The summed E-state index contributed by atoms with van der Waals surface area (Å²) in [6.07, 6.45) is 4.96. The highest BCUT2D eigenvalue weighted by Gasteiger charge is 2.25. The van der Waals surface area contributed by atoms with E-state index in [1.165, 1.54) is 0 Å². The first-order chi connectivity index (χ1) is 14.1. The van der Waals surface area contributed by atoms with Gasteiger partial charge in [0, 0.05) is 44.5 Å². The van der Waals surface area contributed by atoms with Gasteiger partial charge in [0.25, 0.3) is 5.91 Å². The number of pyridine rings is 1. The number of likely N-dealkylation sites (tertiary alicyclic amines) is 1. The van der Waals surface area contributed by atoms with E-state index in [1.807, 2.05) is 48.5 Å². The summed E-state index contributed by atoms with van der Waals surface area (Å²) in [5.41, 5.74) is 2.85. The maximum Gasteiger partial charge on any atom is 0.253 e. The van der Waals surface area contributed by atoms with Crippen LogP contribution in [0, 0.1) is 0 Å². The molecule has 1 aromatic heterocycles. The molecule has 29 heavy (non-hydrogen) atoms. The largest absolute Gasteiger partial charge is 0.490 e. The maximum absolute atomic E-state index is 13.2. The van der Waals surface area contributed by atoms with Crippen molar-refractivity contribution in [2.45, 2.75) is 31.8 Å². The number of hydrogen-bond donors (Lipinski definition) is 0. The van der Waals surface area contributed by atoms with Crippen LogP contribution in [0.2, 0.25) is 0 Å². The summed E-state index contributed by atoms with van der Waals surface area (Å²) in [6.45, 7) is 3.99. The predicted molar refractivity (Wildman–Crippen MR) is 114 cm³/mol. The molecule has 6 nitrogen and oxygen atoms in total. The molecule has 0 radical (unpaired) electrons. The molecule has 154 valence electrons. The van der Waals surface area contributed by atoms with Crippen molar-refractivity contribution in [2.75, 3.05) is 45.2 Å². The lowest BCUT2D eigenvalue weighted by atomic mass is 10.1. The Morgan fingerprint density at radius 2 is 2.10 bits per heavy atom. The second kappa shape index (κ2) is 8.82. The van der Waals surface area contributed by atoms with E-state index in [1.54, 1.807) is 0 Å². The van der Waals surface area contributed by atoms with E-state index in [9.17, 15) is 4.79 Å². The lowest BCUT2D eigenvalue weighted by Gasteiger charge is -2.29. The van der Waals surface area contributed by atoms with Crippen molar-refractivity contribution in [1.29, 1.82) is 0 Å². The third-order valence-corrected chi connectivity index (χ3v) is 6.05. The number of amides is 1. The van der Waals surface area contributed by atoms with Crippen LogP contribution < -0.4 is 9.64 Å². The van der Waals surface area contributed by atoms with Crippen LogP contribution in [0.15, 0.2) is 42.6 Å². The van der Waals surface area contributed by atoms with Crippen LogP contribution in [0.25, 0.3) is 0 Å². The molecule has 1 unspecified atom stereocenters. The van der Waals surface area contributed by atoms with Gasteiger partial charge in [0.15, 0.2) is 0 Å². The highest BCUT2D eigenvalue weighted by Crippen LogP contribution is 2.32. The fourth-order valence-corrected chi connectivity index (χ4v) is 4.27. The molecule has 1 fully saturated rings. The van der Waals surface area contributed by atoms with Gasteiger partial charge in [0.1, 0.15) is 12.4 Å². The van der Waals surface area contributed by atoms with E-state index in [0.29, 0.717) is 12.6 Å². The number of carbonyl (C=O) groups is 1. The van der Waals surface area contributed by atoms with Gasteiger partial charge in [0.05, 0.1) is 17.9 Å². The van der Waals surface area contributed by atoms with Gasteiger partial charge in [-0.05, 0) is 56.6 Å². The molecule has 1 saturated heterocycles. The van der Waals surface area contributed by atoms with E-state index in [0.717, 1.165) is 68.1 Å². The van der Waals surface area contributed by atoms with Crippen molar-refractivity contribution >= 4 is 11.6 Å². The number of aromatic nitrogens is 1. The molecule has 0 saturated carbocycles. The standard InChI is InChI=1S/C23H30N4O2/c1-25-14-15-29-22-9-8-18(16-21(22)25)23(28)27-12-5-7-20(10-13-27)26(2)17-19-6-3-4-11-24-19/h3-4,6,8-9,11,16,20H,5,7,10,12-15,17H2,1-2H3. The normalized spacial score (nSPS) is 19.5. The summed E-state index contributed by atoms with van der Waals surface area (Å²) in [4.78, 5) is 24.1. The zero-order valence-electron chi connectivity index (χ0n) is 17.4. The zero-order valence-corrected chi connectivity index (χ0v) is 17.4. The molecular weight excluding hydrogens is 364 g/mol. The van der Waals surface area contributed by atoms with Crippen LogP contribution in [0.4, 0.5) is 5.69 Å². The average Bonchev–Trinajstić information content (AvgIpc) is 3.00. The van der Waals surface area contributed by atoms with E-state index >= 15 is 0 Å². The van der Waals surface area contributed by atoms with Gasteiger partial charge >= 0.3 is 0 Å². The van der Waals surface area contributed by atoms with Gasteiger partial charge in [-0.1, -0.05) is 6.07 Å². The van der Waals surface area contributed by atoms with E-state index in [-0.39, 0.29) is 5.91 Å². The summed E-state index contributed by atoms with van der Waals surface area (Å²) in [5, 5.41) is 0. The molecule has 0 aliphatic carbocycles. The first kappa shape index (κ1) is 19.7. The lowest BCUT2D eigenvalue weighted by Crippen LogP contribution is -2.35. The van der Waals surface area contributed by atoms with Crippen LogP contribution in [0.3, 0.4) is 0 Å². The number of benzene rings is 1. The Hall–Kier alpha value is -2.60. The highest BCUT2D eigenvalue weighted by atomic mass is 16.5. The van der Waals surface area contributed by atoms with Crippen molar-refractivity contribution in [3.8, 4) is 5.75 Å². The molecule has 1 aromatic carbocycles. The van der Waals surface area contributed by atoms with Crippen LogP contribution >= 0.6 is 0 Å². The van der Waals surface area contributed by atoms with Crippen molar-refractivity contribution in [3.05, 3.63) is 53.9 Å². The molecular formula is C23H30N4O2. The minimum atomic E-state index is 0.125. The van der Waals surface area contributed by atoms with Crippen molar-refractivity contribution < 1.29 is 9.53 Å². The monoisotopic (exact) mass is 394 g/mol. The summed E-state index contributed by atoms with van der Waals surface area (Å²) < 4.78 is 5.71. The summed E-state index contributed by atoms with van der Waals surface area (Å²) >= 11 is 0. The fourth-order valence-electron chi connectivity index (χ4n) is 4.27. The van der Waals surface area contributed by atoms with E-state index in [2.05, 4.69) is 27.9 Å². The molecule has 0 spiro atoms. The second-order valence-electron chi connectivity index (χ2n) is 8.07. The topological polar surface area (TPSA) is 48.9 Å². The smallest absolute Gasteiger partial charge is 0.253 e. The Labute approximate surface area is 173 Å². The molecule has 4 rings (SSSR count). The van der Waals surface area contributed by atoms with Crippen LogP contribution in [0.1, 0.15) is 35.3 Å². The minimum absolute atomic E-state index is 0.125. The molecule has 3 heterocycles. The van der Waals surface area contributed by atoms with Gasteiger partial charge in [-0.15, -0.1) is 0 Å². The Balaban J connectivity index is 1.39. The Bertz CT molecular complexity index is 842. The van der Waals surface area contributed by atoms with Gasteiger partial charge in [-0.2, -0.15) is 0 Å². The van der Waals surface area contributed by atoms with Gasteiger partial charge in [-0.3, -0.25) is 14.7 Å². The van der Waals surface area contributed by atoms with E-state index in [4.69, 9.17) is 4.74 Å². The fraction of sp³-hybridized carbons (Fsp3) is 0.478. The molecule has 1 atom stereocenters. The number of carbonyl (C=O) groups excluding carboxylic acids is 1. The molecule has 0 N–H and O–H groups in total. The minimum Gasteiger partial charge on any atom is -0.490 e. The maximum atomic E-state index is 13.2. The summed E-state index contributed by atoms with van der Waals surface area (Å²) in [5.74, 6) is 0.988. The lowest BCUT2D eigenvalue weighted by molar-refractivity contribution is 0.0757. The Morgan fingerprint density at radius 3 is 2.93 bits per heavy atom. The Morgan fingerprint density at radius 1 is 1.21 bits per heavy atom. The van der Waals surface area contributed by atoms with Crippen molar-refractivity contribution in [2.24, 2.45) is 0 Å². The summed E-state index contributed by atoms with van der Waals surface area (Å²) in [7, 11) is 4.21. The first-order valence-electron chi connectivity index (χ1n) is 10.5. The van der Waals surface area contributed by atoms with E-state index < -0.39 is 0 Å². The van der Waals surface area contributed by atoms with Crippen LogP contribution in [-0.4, -0.2) is 67.1 Å². The predicted octanol–water partition coefficient (Wildman–Crippen LogP) is 3.04. The van der Waals surface area contributed by atoms with Crippen LogP contribution in [0.5, 0.6) is 5.75 Å². The van der Waals surface area contributed by atoms with Crippen LogP contribution in [-0.2, 0) is 6.54 Å². The van der Waals surface area contributed by atoms with Gasteiger partial charge in [0.2, 0.25) is 0 Å². The molecule has 2 aromatic rings. The first-order valence-corrected chi connectivity index (χ1v) is 10.5. The number of rotatable bonds is 4. The van der Waals surface area contributed by atoms with Gasteiger partial charge in [-0.25, -0.2) is 0 Å². The van der Waals surface area contributed by atoms with Crippen molar-refractivity contribution in [1.82, 2.24) is 14.8 Å². The molecule has 2 aliphatic heterocycles. The summed E-state index contributed by atoms with van der Waals surface area (Å²) in [6, 6.07) is 12.3. The number of fused-ring (bicyclic) bond motifs is 1. The highest BCUT2D eigenvalue weighted by molar-refractivity contribution is 5.95. The molecule has 6 heteroatoms. The Kier molecular flexibility index (Phi) is 6.00. The second-order valence-corrected chi connectivity index (χ2v) is 8.07. The molecule has 0 bridgehead atoms. The SMILES string of the molecule is CN1CCOc2ccc(C(=O)N3CCCC(N(C)Cc4ccccn4)CC3)cc21. The van der Waals surface area contributed by atoms with Gasteiger partial charge < -0.3 is 14.5 Å². The third kappa shape index (κ3) is 4.53. The molecule has 1 amide bonds. The molecule has 2 aliphatic rings. The zero-order chi connectivity index (χ0) is 20.2. The number of nitrogens with zero attached hydrogens (tertiary/aromatic N) is 4. The quantitative estimate of drug-likeness (QED) is 0.798. The number of ether oxygens (including phenoxy) is 1. The number of hydrogen-bond acceptors (Lipinski definition) is 5. The number of anilines is 1.